The molecule has 1 nitrogen and oxygen atoms in total. The first-order chi connectivity index (χ1) is 21.3. The van der Waals surface area contributed by atoms with Crippen molar-refractivity contribution in [1.29, 1.82) is 0 Å². The van der Waals surface area contributed by atoms with Gasteiger partial charge in [-0.15, -0.1) is 0 Å². The Morgan fingerprint density at radius 3 is 2.02 bits per heavy atom. The lowest BCUT2D eigenvalue weighted by Gasteiger charge is -2.33. The monoisotopic (exact) mass is 549 g/mol. The predicted molar refractivity (Wildman–Crippen MR) is 182 cm³/mol. The molecule has 1 fully saturated rings. The van der Waals surface area contributed by atoms with Crippen molar-refractivity contribution in [2.45, 2.75) is 18.0 Å². The molecule has 43 heavy (non-hydrogen) atoms. The van der Waals surface area contributed by atoms with Gasteiger partial charge in [0.15, 0.2) is 0 Å². The summed E-state index contributed by atoms with van der Waals surface area (Å²) in [5.74, 6) is 0.847. The molecule has 0 aromatic heterocycles. The van der Waals surface area contributed by atoms with E-state index in [2.05, 4.69) is 169 Å². The van der Waals surface area contributed by atoms with Gasteiger partial charge in [-0.1, -0.05) is 140 Å². The number of hydrogen-bond acceptors (Lipinski definition) is 1. The summed E-state index contributed by atoms with van der Waals surface area (Å²) >= 11 is 0. The van der Waals surface area contributed by atoms with Crippen LogP contribution in [0.15, 0.2) is 158 Å². The fourth-order valence-corrected chi connectivity index (χ4v) is 7.81. The molecule has 0 N–H and O–H groups in total. The fourth-order valence-electron chi connectivity index (χ4n) is 7.81. The zero-order valence-electron chi connectivity index (χ0n) is 23.8. The first-order valence-corrected chi connectivity index (χ1v) is 15.3. The number of hydrogen-bond donors (Lipinski definition) is 0. The average Bonchev–Trinajstić information content (AvgIpc) is 3.43. The van der Waals surface area contributed by atoms with Gasteiger partial charge in [-0.25, -0.2) is 0 Å². The molecule has 3 aliphatic rings. The summed E-state index contributed by atoms with van der Waals surface area (Å²) in [6.45, 7) is 0. The first-order valence-electron chi connectivity index (χ1n) is 15.3. The van der Waals surface area contributed by atoms with Crippen molar-refractivity contribution in [3.05, 3.63) is 169 Å². The Hall–Kier alpha value is -5.14. The third-order valence-electron chi connectivity index (χ3n) is 9.84. The quantitative estimate of drug-likeness (QED) is 0.199. The van der Waals surface area contributed by atoms with Gasteiger partial charge in [-0.3, -0.25) is 0 Å². The second kappa shape index (κ2) is 9.71. The van der Waals surface area contributed by atoms with Gasteiger partial charge in [-0.05, 0) is 79.2 Å². The smallest absolute Gasteiger partial charge is 0.0558 e. The third-order valence-corrected chi connectivity index (χ3v) is 9.84. The highest BCUT2D eigenvalue weighted by molar-refractivity contribution is 6.08. The Labute approximate surface area is 252 Å². The SMILES string of the molecule is C1=CC2C3c4ccc(-c5ccc6ccc7ccccc7c6c5)cc4C=CC3N(c3ccc(-c4ccccc4)cc3)C2C=C1. The van der Waals surface area contributed by atoms with Crippen LogP contribution in [0.5, 0.6) is 0 Å². The van der Waals surface area contributed by atoms with E-state index >= 15 is 0 Å². The Morgan fingerprint density at radius 2 is 1.14 bits per heavy atom. The minimum Gasteiger partial charge on any atom is -0.357 e. The highest BCUT2D eigenvalue weighted by Crippen LogP contribution is 2.51. The molecule has 0 bridgehead atoms. The van der Waals surface area contributed by atoms with E-state index in [4.69, 9.17) is 0 Å². The lowest BCUT2D eigenvalue weighted by molar-refractivity contribution is 0.558. The van der Waals surface area contributed by atoms with Crippen LogP contribution in [0.25, 0.3) is 49.9 Å². The molecule has 0 saturated carbocycles. The van der Waals surface area contributed by atoms with E-state index in [1.807, 2.05) is 0 Å². The normalized spacial score (nSPS) is 21.6. The van der Waals surface area contributed by atoms with Crippen molar-refractivity contribution in [1.82, 2.24) is 0 Å². The van der Waals surface area contributed by atoms with Crippen molar-refractivity contribution in [2.24, 2.45) is 5.92 Å². The van der Waals surface area contributed by atoms with E-state index in [1.54, 1.807) is 0 Å². The molecule has 4 unspecified atom stereocenters. The van der Waals surface area contributed by atoms with Crippen LogP contribution >= 0.6 is 0 Å². The minimum absolute atomic E-state index is 0.315. The molecule has 1 heteroatoms. The van der Waals surface area contributed by atoms with Crippen molar-refractivity contribution in [2.75, 3.05) is 4.90 Å². The lowest BCUT2D eigenvalue weighted by atomic mass is 9.75. The van der Waals surface area contributed by atoms with E-state index in [-0.39, 0.29) is 0 Å². The molecule has 6 aromatic carbocycles. The van der Waals surface area contributed by atoms with Crippen LogP contribution in [0.1, 0.15) is 17.0 Å². The summed E-state index contributed by atoms with van der Waals surface area (Å²) < 4.78 is 0. The largest absolute Gasteiger partial charge is 0.357 e. The van der Waals surface area contributed by atoms with Gasteiger partial charge in [0, 0.05) is 17.5 Å². The van der Waals surface area contributed by atoms with Crippen LogP contribution in [-0.4, -0.2) is 12.1 Å². The van der Waals surface area contributed by atoms with E-state index in [1.165, 1.54) is 60.6 Å². The summed E-state index contributed by atoms with van der Waals surface area (Å²) in [5, 5.41) is 5.20. The summed E-state index contributed by atoms with van der Waals surface area (Å²) in [6.07, 6.45) is 14.1. The molecule has 204 valence electrons. The van der Waals surface area contributed by atoms with Crippen LogP contribution in [0.4, 0.5) is 5.69 Å². The zero-order chi connectivity index (χ0) is 28.3. The molecule has 9 rings (SSSR count). The van der Waals surface area contributed by atoms with Gasteiger partial charge in [0.25, 0.3) is 0 Å². The Bertz CT molecular complexity index is 2100. The maximum atomic E-state index is 2.64. The van der Waals surface area contributed by atoms with Crippen molar-refractivity contribution in [3.63, 3.8) is 0 Å². The minimum atomic E-state index is 0.315. The molecule has 1 saturated heterocycles. The molecule has 1 aliphatic heterocycles. The second-order valence-electron chi connectivity index (χ2n) is 12.1. The molecule has 2 aliphatic carbocycles. The Kier molecular flexibility index (Phi) is 5.52. The van der Waals surface area contributed by atoms with Crippen molar-refractivity contribution >= 4 is 33.3 Å². The van der Waals surface area contributed by atoms with E-state index < -0.39 is 0 Å². The zero-order valence-corrected chi connectivity index (χ0v) is 23.8. The number of fused-ring (bicyclic) bond motifs is 8. The number of anilines is 1. The predicted octanol–water partition coefficient (Wildman–Crippen LogP) is 10.4. The maximum Gasteiger partial charge on any atom is 0.0558 e. The fraction of sp³-hybridized carbons (Fsp3) is 0.0952. The second-order valence-corrected chi connectivity index (χ2v) is 12.1. The summed E-state index contributed by atoms with van der Waals surface area (Å²) in [5.41, 5.74) is 9.16. The molecule has 1 heterocycles. The van der Waals surface area contributed by atoms with E-state index in [0.29, 0.717) is 23.9 Å². The molecule has 4 atom stereocenters. The van der Waals surface area contributed by atoms with Gasteiger partial charge in [-0.2, -0.15) is 0 Å². The van der Waals surface area contributed by atoms with Crippen LogP contribution in [0, 0.1) is 5.92 Å². The van der Waals surface area contributed by atoms with Crippen molar-refractivity contribution < 1.29 is 0 Å². The molecular formula is C42H31N. The maximum absolute atomic E-state index is 2.64. The van der Waals surface area contributed by atoms with E-state index in [0.717, 1.165) is 0 Å². The number of rotatable bonds is 3. The Morgan fingerprint density at radius 1 is 0.465 bits per heavy atom. The third kappa shape index (κ3) is 3.92. The standard InChI is InChI=1S/C42H31N/c1-2-8-28(9-3-1)29-18-22-35(23-19-29)43-40-13-7-6-12-38(40)42-37-24-20-32(26-34(37)21-25-41(42)43)33-17-16-31-15-14-30-10-4-5-11-36(30)39(31)27-33/h1-27,38,40-42H. The number of allylic oxidation sites excluding steroid dienone is 2. The number of benzene rings is 6. The molecular weight excluding hydrogens is 518 g/mol. The van der Waals surface area contributed by atoms with Gasteiger partial charge in [0.1, 0.15) is 0 Å². The molecule has 6 aromatic rings. The van der Waals surface area contributed by atoms with Gasteiger partial charge in [0.2, 0.25) is 0 Å². The highest BCUT2D eigenvalue weighted by Gasteiger charge is 2.48. The topological polar surface area (TPSA) is 3.24 Å². The first kappa shape index (κ1) is 24.5. The molecule has 0 spiro atoms. The van der Waals surface area contributed by atoms with Crippen LogP contribution in [0.2, 0.25) is 0 Å². The molecule has 0 amide bonds. The molecule has 0 radical (unpaired) electrons. The lowest BCUT2D eigenvalue weighted by Crippen LogP contribution is -2.36. The van der Waals surface area contributed by atoms with E-state index in [9.17, 15) is 0 Å². The average molecular weight is 550 g/mol. The Balaban J connectivity index is 1.09. The summed E-state index contributed by atoms with van der Waals surface area (Å²) in [4.78, 5) is 2.64. The van der Waals surface area contributed by atoms with Crippen LogP contribution < -0.4 is 4.90 Å². The van der Waals surface area contributed by atoms with Crippen LogP contribution in [-0.2, 0) is 0 Å². The number of nitrogens with zero attached hydrogens (tertiary/aromatic N) is 1. The summed E-state index contributed by atoms with van der Waals surface area (Å²) in [6, 6.07) is 47.7. The van der Waals surface area contributed by atoms with Gasteiger partial charge in [0.05, 0.1) is 12.1 Å². The summed E-state index contributed by atoms with van der Waals surface area (Å²) in [7, 11) is 0. The van der Waals surface area contributed by atoms with Crippen LogP contribution in [0.3, 0.4) is 0 Å². The van der Waals surface area contributed by atoms with Crippen molar-refractivity contribution in [3.8, 4) is 22.3 Å². The van der Waals surface area contributed by atoms with Gasteiger partial charge >= 0.3 is 0 Å². The van der Waals surface area contributed by atoms with Gasteiger partial charge < -0.3 is 4.90 Å². The highest BCUT2D eigenvalue weighted by atomic mass is 15.2.